The number of phenolic OH excluding ortho intramolecular Hbond substituents is 1. The Hall–Kier alpha value is -3.55. The molecule has 3 aromatic carbocycles. The van der Waals surface area contributed by atoms with E-state index in [4.69, 9.17) is 23.2 Å². The summed E-state index contributed by atoms with van der Waals surface area (Å²) in [5.74, 6) is 0.290. The highest BCUT2D eigenvalue weighted by molar-refractivity contribution is 6.18. The van der Waals surface area contributed by atoms with Crippen molar-refractivity contribution in [2.24, 2.45) is 5.10 Å². The van der Waals surface area contributed by atoms with E-state index >= 15 is 0 Å². The average Bonchev–Trinajstić information content (AvgIpc) is 2.90. The highest BCUT2D eigenvalue weighted by Gasteiger charge is 2.22. The molecule has 0 saturated carbocycles. The van der Waals surface area contributed by atoms with Gasteiger partial charge in [0.05, 0.1) is 6.21 Å². The number of hydrazone groups is 1. The predicted molar refractivity (Wildman–Crippen MR) is 150 cm³/mol. The zero-order valence-corrected chi connectivity index (χ0v) is 22.0. The molecule has 37 heavy (non-hydrogen) atoms. The SMILES string of the molecule is Cc1cc(N(CCCl)CCCl)ccc1/C=N/NC(=O)C(Cc1ccc(O)cc1)NC(=O)c1ccccc1. The average molecular weight is 541 g/mol. The molecule has 1 atom stereocenters. The maximum Gasteiger partial charge on any atom is 0.262 e. The molecule has 0 heterocycles. The zero-order chi connectivity index (χ0) is 26.6. The molecular weight excluding hydrogens is 511 g/mol. The summed E-state index contributed by atoms with van der Waals surface area (Å²) in [6.45, 7) is 3.34. The third-order valence-corrected chi connectivity index (χ3v) is 6.08. The van der Waals surface area contributed by atoms with Crippen LogP contribution in [-0.2, 0) is 11.2 Å². The van der Waals surface area contributed by atoms with Gasteiger partial charge in [0.15, 0.2) is 0 Å². The van der Waals surface area contributed by atoms with E-state index in [0.717, 1.165) is 22.4 Å². The number of aromatic hydroxyl groups is 1. The van der Waals surface area contributed by atoms with Crippen LogP contribution in [0.1, 0.15) is 27.0 Å². The number of anilines is 1. The molecule has 194 valence electrons. The zero-order valence-electron chi connectivity index (χ0n) is 20.5. The second kappa shape index (κ2) is 14.3. The van der Waals surface area contributed by atoms with E-state index in [1.54, 1.807) is 42.6 Å². The van der Waals surface area contributed by atoms with Crippen LogP contribution in [0.3, 0.4) is 0 Å². The molecule has 0 aliphatic heterocycles. The van der Waals surface area contributed by atoms with Gasteiger partial charge in [-0.05, 0) is 60.0 Å². The lowest BCUT2D eigenvalue weighted by atomic mass is 10.0. The highest BCUT2D eigenvalue weighted by Crippen LogP contribution is 2.19. The molecule has 0 aliphatic rings. The topological polar surface area (TPSA) is 94.0 Å². The Morgan fingerprint density at radius 1 is 1.00 bits per heavy atom. The Labute approximate surface area is 227 Å². The number of carbonyl (C=O) groups is 2. The third kappa shape index (κ3) is 8.51. The molecule has 0 fully saturated rings. The molecule has 3 N–H and O–H groups in total. The molecule has 9 heteroatoms. The summed E-state index contributed by atoms with van der Waals surface area (Å²) in [4.78, 5) is 27.9. The van der Waals surface area contributed by atoms with Gasteiger partial charge in [-0.3, -0.25) is 9.59 Å². The van der Waals surface area contributed by atoms with Gasteiger partial charge in [0.25, 0.3) is 11.8 Å². The number of carbonyl (C=O) groups excluding carboxylic acids is 2. The van der Waals surface area contributed by atoms with Gasteiger partial charge in [0, 0.05) is 42.5 Å². The first-order valence-corrected chi connectivity index (χ1v) is 12.9. The Morgan fingerprint density at radius 3 is 2.30 bits per heavy atom. The van der Waals surface area contributed by atoms with Crippen LogP contribution in [0.5, 0.6) is 5.75 Å². The van der Waals surface area contributed by atoms with E-state index in [9.17, 15) is 14.7 Å². The van der Waals surface area contributed by atoms with Crippen LogP contribution in [-0.4, -0.2) is 54.0 Å². The number of hydrogen-bond acceptors (Lipinski definition) is 5. The van der Waals surface area contributed by atoms with Crippen LogP contribution < -0.4 is 15.6 Å². The summed E-state index contributed by atoms with van der Waals surface area (Å²) in [5, 5.41) is 16.5. The molecular formula is C28H30Cl2N4O3. The fourth-order valence-corrected chi connectivity index (χ4v) is 4.14. The van der Waals surface area contributed by atoms with Crippen molar-refractivity contribution in [1.29, 1.82) is 0 Å². The largest absolute Gasteiger partial charge is 0.508 e. The Balaban J connectivity index is 1.71. The van der Waals surface area contributed by atoms with Crippen molar-refractivity contribution >= 4 is 46.9 Å². The molecule has 3 rings (SSSR count). The molecule has 0 bridgehead atoms. The summed E-state index contributed by atoms with van der Waals surface area (Å²) in [7, 11) is 0. The second-order valence-electron chi connectivity index (χ2n) is 8.40. The molecule has 1 unspecified atom stereocenters. The fourth-order valence-electron chi connectivity index (χ4n) is 3.73. The third-order valence-electron chi connectivity index (χ3n) is 5.74. The van der Waals surface area contributed by atoms with Crippen molar-refractivity contribution in [3.05, 3.63) is 95.1 Å². The van der Waals surface area contributed by atoms with Crippen LogP contribution >= 0.6 is 23.2 Å². The molecule has 7 nitrogen and oxygen atoms in total. The lowest BCUT2D eigenvalue weighted by molar-refractivity contribution is -0.122. The predicted octanol–water partition coefficient (Wildman–Crippen LogP) is 4.48. The maximum absolute atomic E-state index is 13.0. The minimum atomic E-state index is -0.877. The molecule has 3 aromatic rings. The van der Waals surface area contributed by atoms with Crippen molar-refractivity contribution in [1.82, 2.24) is 10.7 Å². The van der Waals surface area contributed by atoms with Crippen LogP contribution in [0.15, 0.2) is 77.9 Å². The first-order chi connectivity index (χ1) is 17.9. The quantitative estimate of drug-likeness (QED) is 0.179. The first kappa shape index (κ1) is 28.0. The standard InChI is InChI=1S/C28H30Cl2N4O3/c1-20-17-24(34(15-13-29)16-14-30)10-9-23(20)19-31-33-28(37)26(18-21-7-11-25(35)12-8-21)32-27(36)22-5-3-2-4-6-22/h2-12,17,19,26,35H,13-16,18H2,1H3,(H,32,36)(H,33,37)/b31-19+. The number of halogens is 2. The second-order valence-corrected chi connectivity index (χ2v) is 9.16. The molecule has 2 amide bonds. The van der Waals surface area contributed by atoms with E-state index in [1.807, 2.05) is 31.2 Å². The Morgan fingerprint density at radius 2 is 1.68 bits per heavy atom. The number of amides is 2. The smallest absolute Gasteiger partial charge is 0.262 e. The van der Waals surface area contributed by atoms with Crippen molar-refractivity contribution in [3.8, 4) is 5.75 Å². The van der Waals surface area contributed by atoms with Gasteiger partial charge in [0.1, 0.15) is 11.8 Å². The van der Waals surface area contributed by atoms with E-state index in [-0.39, 0.29) is 18.1 Å². The van der Waals surface area contributed by atoms with Crippen LogP contribution in [0.4, 0.5) is 5.69 Å². The summed E-state index contributed by atoms with van der Waals surface area (Å²) in [6.07, 6.45) is 1.80. The summed E-state index contributed by atoms with van der Waals surface area (Å²) < 4.78 is 0. The summed E-state index contributed by atoms with van der Waals surface area (Å²) in [5.41, 5.74) is 6.59. The van der Waals surface area contributed by atoms with Crippen molar-refractivity contribution in [2.75, 3.05) is 29.7 Å². The Bertz CT molecular complexity index is 1200. The first-order valence-electron chi connectivity index (χ1n) is 11.9. The van der Waals surface area contributed by atoms with Crippen LogP contribution in [0.2, 0.25) is 0 Å². The number of alkyl halides is 2. The molecule has 0 aromatic heterocycles. The number of nitrogens with zero attached hydrogens (tertiary/aromatic N) is 2. The lowest BCUT2D eigenvalue weighted by Gasteiger charge is -2.23. The van der Waals surface area contributed by atoms with Gasteiger partial charge in [-0.25, -0.2) is 5.43 Å². The minimum Gasteiger partial charge on any atom is -0.508 e. The van der Waals surface area contributed by atoms with Gasteiger partial charge in [-0.2, -0.15) is 5.10 Å². The van der Waals surface area contributed by atoms with Crippen molar-refractivity contribution in [3.63, 3.8) is 0 Å². The maximum atomic E-state index is 13.0. The number of benzene rings is 3. The minimum absolute atomic E-state index is 0.123. The normalized spacial score (nSPS) is 11.8. The van der Waals surface area contributed by atoms with Gasteiger partial charge in [-0.15, -0.1) is 23.2 Å². The Kier molecular flexibility index (Phi) is 10.8. The molecule has 0 spiro atoms. The summed E-state index contributed by atoms with van der Waals surface area (Å²) in [6, 6.07) is 20.2. The number of hydrogen-bond donors (Lipinski definition) is 3. The number of nitrogens with one attached hydrogen (secondary N) is 2. The monoisotopic (exact) mass is 540 g/mol. The van der Waals surface area contributed by atoms with Gasteiger partial charge in [0.2, 0.25) is 0 Å². The van der Waals surface area contributed by atoms with Crippen LogP contribution in [0.25, 0.3) is 0 Å². The van der Waals surface area contributed by atoms with Crippen LogP contribution in [0, 0.1) is 6.92 Å². The summed E-state index contributed by atoms with van der Waals surface area (Å²) >= 11 is 11.8. The van der Waals surface area contributed by atoms with E-state index in [0.29, 0.717) is 30.4 Å². The van der Waals surface area contributed by atoms with Gasteiger partial charge in [-0.1, -0.05) is 36.4 Å². The number of rotatable bonds is 12. The van der Waals surface area contributed by atoms with Gasteiger partial charge < -0.3 is 15.3 Å². The molecule has 0 radical (unpaired) electrons. The number of aryl methyl sites for hydroxylation is 1. The lowest BCUT2D eigenvalue weighted by Crippen LogP contribution is -2.46. The number of phenols is 1. The molecule has 0 aliphatic carbocycles. The van der Waals surface area contributed by atoms with Crippen molar-refractivity contribution in [2.45, 2.75) is 19.4 Å². The van der Waals surface area contributed by atoms with Gasteiger partial charge >= 0.3 is 0 Å². The van der Waals surface area contributed by atoms with Crippen molar-refractivity contribution < 1.29 is 14.7 Å². The van der Waals surface area contributed by atoms with E-state index < -0.39 is 11.9 Å². The van der Waals surface area contributed by atoms with E-state index in [2.05, 4.69) is 20.7 Å². The van der Waals surface area contributed by atoms with E-state index in [1.165, 1.54) is 12.1 Å². The molecule has 0 saturated heterocycles. The highest BCUT2D eigenvalue weighted by atomic mass is 35.5. The fraction of sp³-hybridized carbons (Fsp3) is 0.250.